The lowest BCUT2D eigenvalue weighted by atomic mass is 9.93. The topological polar surface area (TPSA) is 67.4 Å². The molecule has 9 rings (SSSR count). The first kappa shape index (κ1) is 25.1. The molecule has 2 heterocycles. The number of nitrogens with zero attached hydrogens (tertiary/aromatic N) is 5. The van der Waals surface area contributed by atoms with Crippen molar-refractivity contribution < 1.29 is 0 Å². The van der Waals surface area contributed by atoms with E-state index in [1.807, 2.05) is 42.5 Å². The van der Waals surface area contributed by atoms with Gasteiger partial charge in [0.1, 0.15) is 0 Å². The van der Waals surface area contributed by atoms with Gasteiger partial charge < -0.3 is 0 Å². The molecule has 0 amide bonds. The molecule has 0 atom stereocenters. The van der Waals surface area contributed by atoms with Crippen LogP contribution in [0.1, 0.15) is 5.56 Å². The molecule has 5 nitrogen and oxygen atoms in total. The summed E-state index contributed by atoms with van der Waals surface area (Å²) in [7, 11) is 0. The van der Waals surface area contributed by atoms with E-state index in [1.54, 1.807) is 12.1 Å². The van der Waals surface area contributed by atoms with Crippen molar-refractivity contribution in [1.82, 2.24) is 19.5 Å². The van der Waals surface area contributed by atoms with Gasteiger partial charge in [0.25, 0.3) is 0 Å². The number of benzene rings is 7. The SMILES string of the molecule is N#Cc1ccc(-c2nc(-c3ccccc3)nc(-n3c4ccccc4c4c5ccc6ccccc6c5c5ccccc5c43)n2)cc1. The second-order valence-electron chi connectivity index (χ2n) is 11.2. The molecule has 0 unspecified atom stereocenters. The maximum absolute atomic E-state index is 9.39. The van der Waals surface area contributed by atoms with E-state index in [2.05, 4.69) is 95.6 Å². The Kier molecular flexibility index (Phi) is 5.50. The average Bonchev–Trinajstić information content (AvgIpc) is 3.47. The number of nitriles is 1. The summed E-state index contributed by atoms with van der Waals surface area (Å²) < 4.78 is 2.20. The number of hydrogen-bond acceptors (Lipinski definition) is 4. The molecule has 0 saturated carbocycles. The summed E-state index contributed by atoms with van der Waals surface area (Å²) in [5, 5.41) is 18.9. The van der Waals surface area contributed by atoms with Gasteiger partial charge in [-0.25, -0.2) is 4.98 Å². The zero-order valence-corrected chi connectivity index (χ0v) is 24.0. The molecule has 0 radical (unpaired) electrons. The first-order valence-electron chi connectivity index (χ1n) is 14.9. The Morgan fingerprint density at radius 1 is 0.467 bits per heavy atom. The highest BCUT2D eigenvalue weighted by Gasteiger charge is 2.22. The highest BCUT2D eigenvalue weighted by molar-refractivity contribution is 6.36. The zero-order chi connectivity index (χ0) is 29.9. The summed E-state index contributed by atoms with van der Waals surface area (Å²) in [6, 6.07) is 49.8. The van der Waals surface area contributed by atoms with Crippen LogP contribution in [0.15, 0.2) is 140 Å². The zero-order valence-electron chi connectivity index (χ0n) is 24.0. The molecule has 7 aromatic carbocycles. The van der Waals surface area contributed by atoms with Gasteiger partial charge >= 0.3 is 0 Å². The quantitative estimate of drug-likeness (QED) is 0.197. The fourth-order valence-electron chi connectivity index (χ4n) is 6.66. The molecule has 0 aliphatic rings. The van der Waals surface area contributed by atoms with Crippen LogP contribution in [0.3, 0.4) is 0 Å². The van der Waals surface area contributed by atoms with Gasteiger partial charge in [-0.05, 0) is 57.3 Å². The van der Waals surface area contributed by atoms with Crippen LogP contribution < -0.4 is 0 Å². The number of hydrogen-bond donors (Lipinski definition) is 0. The van der Waals surface area contributed by atoms with E-state index in [-0.39, 0.29) is 0 Å². The molecule has 45 heavy (non-hydrogen) atoms. The van der Waals surface area contributed by atoms with Gasteiger partial charge in [-0.15, -0.1) is 0 Å². The van der Waals surface area contributed by atoms with Crippen molar-refractivity contribution in [2.24, 2.45) is 0 Å². The van der Waals surface area contributed by atoms with Gasteiger partial charge in [0, 0.05) is 27.3 Å². The van der Waals surface area contributed by atoms with Gasteiger partial charge in [-0.3, -0.25) is 4.57 Å². The Labute approximate surface area is 258 Å². The third kappa shape index (κ3) is 3.83. The largest absolute Gasteiger partial charge is 0.277 e. The highest BCUT2D eigenvalue weighted by atomic mass is 15.2. The van der Waals surface area contributed by atoms with Crippen molar-refractivity contribution >= 4 is 54.1 Å². The Bertz CT molecular complexity index is 2650. The van der Waals surface area contributed by atoms with Gasteiger partial charge in [0.2, 0.25) is 5.95 Å². The van der Waals surface area contributed by atoms with Crippen molar-refractivity contribution in [2.45, 2.75) is 0 Å². The van der Waals surface area contributed by atoms with Crippen LogP contribution in [0.4, 0.5) is 0 Å². The summed E-state index contributed by atoms with van der Waals surface area (Å²) in [4.78, 5) is 15.2. The van der Waals surface area contributed by atoms with Crippen LogP contribution in [0.5, 0.6) is 0 Å². The van der Waals surface area contributed by atoms with Crippen LogP contribution >= 0.6 is 0 Å². The van der Waals surface area contributed by atoms with Crippen LogP contribution in [-0.2, 0) is 0 Å². The second-order valence-corrected chi connectivity index (χ2v) is 11.2. The van der Waals surface area contributed by atoms with Crippen LogP contribution in [-0.4, -0.2) is 19.5 Å². The lowest BCUT2D eigenvalue weighted by Crippen LogP contribution is -2.06. The Morgan fingerprint density at radius 2 is 1.09 bits per heavy atom. The molecular weight excluding hydrogens is 550 g/mol. The third-order valence-corrected chi connectivity index (χ3v) is 8.65. The fourth-order valence-corrected chi connectivity index (χ4v) is 6.66. The van der Waals surface area contributed by atoms with Crippen molar-refractivity contribution in [3.63, 3.8) is 0 Å². The van der Waals surface area contributed by atoms with Gasteiger partial charge in [0.15, 0.2) is 11.6 Å². The number of fused-ring (bicyclic) bond motifs is 10. The predicted molar refractivity (Wildman–Crippen MR) is 182 cm³/mol. The molecule has 5 heteroatoms. The summed E-state index contributed by atoms with van der Waals surface area (Å²) >= 11 is 0. The molecule has 9 aromatic rings. The van der Waals surface area contributed by atoms with Crippen molar-refractivity contribution in [3.8, 4) is 34.8 Å². The fraction of sp³-hybridized carbons (Fsp3) is 0. The monoisotopic (exact) mass is 573 g/mol. The number of rotatable bonds is 3. The van der Waals surface area contributed by atoms with E-state index >= 15 is 0 Å². The molecule has 0 aliphatic heterocycles. The summed E-state index contributed by atoms with van der Waals surface area (Å²) in [6.45, 7) is 0. The summed E-state index contributed by atoms with van der Waals surface area (Å²) in [5.41, 5.74) is 4.39. The number of aromatic nitrogens is 4. The van der Waals surface area contributed by atoms with E-state index in [1.165, 1.54) is 32.3 Å². The number of para-hydroxylation sites is 1. The Balaban J connectivity index is 1.46. The normalized spacial score (nSPS) is 11.5. The van der Waals surface area contributed by atoms with E-state index < -0.39 is 0 Å². The van der Waals surface area contributed by atoms with Gasteiger partial charge in [-0.1, -0.05) is 109 Å². The molecule has 2 aromatic heterocycles. The molecule has 0 saturated heterocycles. The van der Waals surface area contributed by atoms with E-state index in [0.29, 0.717) is 23.2 Å². The Morgan fingerprint density at radius 3 is 1.84 bits per heavy atom. The van der Waals surface area contributed by atoms with Crippen molar-refractivity contribution in [3.05, 3.63) is 145 Å². The summed E-state index contributed by atoms with van der Waals surface area (Å²) in [5.74, 6) is 1.67. The molecule has 0 spiro atoms. The average molecular weight is 574 g/mol. The minimum atomic E-state index is 0.541. The first-order chi connectivity index (χ1) is 22.3. The first-order valence-corrected chi connectivity index (χ1v) is 14.9. The van der Waals surface area contributed by atoms with E-state index in [0.717, 1.165) is 32.9 Å². The van der Waals surface area contributed by atoms with Crippen LogP contribution in [0.25, 0.3) is 82.8 Å². The lowest BCUT2D eigenvalue weighted by Gasteiger charge is -2.14. The maximum Gasteiger partial charge on any atom is 0.238 e. The minimum absolute atomic E-state index is 0.541. The molecule has 0 aliphatic carbocycles. The maximum atomic E-state index is 9.39. The Hall–Kier alpha value is -6.38. The lowest BCUT2D eigenvalue weighted by molar-refractivity contribution is 0.955. The van der Waals surface area contributed by atoms with Crippen LogP contribution in [0, 0.1) is 11.3 Å². The molecule has 0 fully saturated rings. The smallest absolute Gasteiger partial charge is 0.238 e. The summed E-state index contributed by atoms with van der Waals surface area (Å²) in [6.07, 6.45) is 0. The molecule has 0 N–H and O–H groups in total. The van der Waals surface area contributed by atoms with Gasteiger partial charge in [0.05, 0.1) is 22.7 Å². The molecular formula is C40H23N5. The van der Waals surface area contributed by atoms with Gasteiger partial charge in [-0.2, -0.15) is 15.2 Å². The second kappa shape index (κ2) is 9.84. The van der Waals surface area contributed by atoms with E-state index in [9.17, 15) is 5.26 Å². The third-order valence-electron chi connectivity index (χ3n) is 8.65. The molecule has 208 valence electrons. The van der Waals surface area contributed by atoms with Crippen molar-refractivity contribution in [2.75, 3.05) is 0 Å². The predicted octanol–water partition coefficient (Wildman–Crippen LogP) is 9.63. The highest BCUT2D eigenvalue weighted by Crippen LogP contribution is 2.44. The minimum Gasteiger partial charge on any atom is -0.277 e. The van der Waals surface area contributed by atoms with Crippen molar-refractivity contribution in [1.29, 1.82) is 5.26 Å². The standard InChI is InChI=1S/C40H23N5/c41-24-25-18-20-28(21-19-25)39-42-38(27-11-2-1-3-12-27)43-40(44-39)45-34-17-9-8-16-32(34)36-33-23-22-26-10-4-5-13-29(26)35(33)30-14-6-7-15-31(30)37(36)45/h1-23H. The van der Waals surface area contributed by atoms with Crippen LogP contribution in [0.2, 0.25) is 0 Å². The molecule has 0 bridgehead atoms. The van der Waals surface area contributed by atoms with E-state index in [4.69, 9.17) is 15.0 Å².